The number of aromatic nitrogens is 3. The van der Waals surface area contributed by atoms with Crippen LogP contribution >= 0.6 is 0 Å². The van der Waals surface area contributed by atoms with Crippen LogP contribution in [-0.4, -0.2) is 35.8 Å². The van der Waals surface area contributed by atoms with E-state index < -0.39 is 15.7 Å². The molecule has 0 radical (unpaired) electrons. The van der Waals surface area contributed by atoms with Gasteiger partial charge in [-0.25, -0.2) is 8.42 Å². The van der Waals surface area contributed by atoms with Gasteiger partial charge in [0.2, 0.25) is 5.89 Å². The number of nitrogens with zero attached hydrogens (tertiary/aromatic N) is 3. The molecule has 3 aromatic rings. The lowest BCUT2D eigenvalue weighted by Gasteiger charge is -2.02. The Morgan fingerprint density at radius 2 is 1.71 bits per heavy atom. The average molecular weight is 344 g/mol. The third-order valence-electron chi connectivity index (χ3n) is 3.12. The molecule has 3 rings (SSSR count). The van der Waals surface area contributed by atoms with Gasteiger partial charge in [0.25, 0.3) is 5.91 Å². The van der Waals surface area contributed by atoms with Crippen molar-refractivity contribution in [2.24, 2.45) is 0 Å². The lowest BCUT2D eigenvalue weighted by atomic mass is 10.2. The Hall–Kier alpha value is -3.07. The third kappa shape index (κ3) is 3.46. The van der Waals surface area contributed by atoms with E-state index in [9.17, 15) is 13.2 Å². The fourth-order valence-corrected chi connectivity index (χ4v) is 2.54. The summed E-state index contributed by atoms with van der Waals surface area (Å²) in [6.07, 6.45) is 4.27. The van der Waals surface area contributed by atoms with Gasteiger partial charge in [0.1, 0.15) is 0 Å². The van der Waals surface area contributed by atoms with E-state index in [1.807, 2.05) is 0 Å². The first-order valence-corrected chi connectivity index (χ1v) is 8.68. The summed E-state index contributed by atoms with van der Waals surface area (Å²) in [4.78, 5) is 16.1. The van der Waals surface area contributed by atoms with Crippen molar-refractivity contribution in [3.05, 3.63) is 54.4 Å². The van der Waals surface area contributed by atoms with Crippen LogP contribution in [0.5, 0.6) is 0 Å². The fourth-order valence-electron chi connectivity index (χ4n) is 1.91. The van der Waals surface area contributed by atoms with Gasteiger partial charge in [-0.2, -0.15) is 0 Å². The number of carbonyl (C=O) groups is 1. The molecule has 0 saturated heterocycles. The minimum absolute atomic E-state index is 0.0565. The Morgan fingerprint density at radius 3 is 2.33 bits per heavy atom. The minimum atomic E-state index is -3.31. The Labute approximate surface area is 137 Å². The largest absolute Gasteiger partial charge is 0.403 e. The SMILES string of the molecule is CS(=O)(=O)c1ccc(C(=O)Nc2nnc(-c3ccncc3)o2)cc1. The highest BCUT2D eigenvalue weighted by Gasteiger charge is 2.14. The van der Waals surface area contributed by atoms with Crippen molar-refractivity contribution in [3.63, 3.8) is 0 Å². The molecule has 0 aliphatic heterocycles. The number of hydrogen-bond acceptors (Lipinski definition) is 7. The van der Waals surface area contributed by atoms with Gasteiger partial charge in [-0.05, 0) is 36.4 Å². The van der Waals surface area contributed by atoms with Crippen LogP contribution in [0.2, 0.25) is 0 Å². The second kappa shape index (κ2) is 6.20. The lowest BCUT2D eigenvalue weighted by molar-refractivity contribution is 0.102. The van der Waals surface area contributed by atoms with E-state index in [0.29, 0.717) is 5.56 Å². The second-order valence-corrected chi connectivity index (χ2v) is 6.91. The number of pyridine rings is 1. The van der Waals surface area contributed by atoms with Crippen molar-refractivity contribution in [2.45, 2.75) is 4.90 Å². The maximum absolute atomic E-state index is 12.1. The predicted octanol–water partition coefficient (Wildman–Crippen LogP) is 1.79. The summed E-state index contributed by atoms with van der Waals surface area (Å²) in [5.41, 5.74) is 0.946. The highest BCUT2D eigenvalue weighted by Crippen LogP contribution is 2.19. The van der Waals surface area contributed by atoms with Gasteiger partial charge in [0.05, 0.1) is 4.90 Å². The normalized spacial score (nSPS) is 11.2. The van der Waals surface area contributed by atoms with E-state index in [0.717, 1.165) is 6.26 Å². The molecule has 1 N–H and O–H groups in total. The summed E-state index contributed by atoms with van der Waals surface area (Å²) >= 11 is 0. The van der Waals surface area contributed by atoms with Crippen LogP contribution in [0.4, 0.5) is 6.01 Å². The zero-order chi connectivity index (χ0) is 17.2. The molecule has 0 spiro atoms. The number of anilines is 1. The number of hydrogen-bond donors (Lipinski definition) is 1. The van der Waals surface area contributed by atoms with Crippen LogP contribution in [0.15, 0.2) is 58.1 Å². The molecule has 0 fully saturated rings. The zero-order valence-corrected chi connectivity index (χ0v) is 13.3. The molecule has 0 saturated carbocycles. The number of carbonyl (C=O) groups excluding carboxylic acids is 1. The first-order valence-electron chi connectivity index (χ1n) is 6.79. The summed E-state index contributed by atoms with van der Waals surface area (Å²) in [5.74, 6) is -0.236. The number of nitrogens with one attached hydrogen (secondary N) is 1. The number of amides is 1. The van der Waals surface area contributed by atoms with Crippen LogP contribution in [-0.2, 0) is 9.84 Å². The van der Waals surface area contributed by atoms with Gasteiger partial charge in [-0.3, -0.25) is 15.1 Å². The van der Waals surface area contributed by atoms with Crippen LogP contribution in [0.3, 0.4) is 0 Å². The zero-order valence-electron chi connectivity index (χ0n) is 12.5. The van der Waals surface area contributed by atoms with E-state index in [1.54, 1.807) is 24.5 Å². The monoisotopic (exact) mass is 344 g/mol. The first-order chi connectivity index (χ1) is 11.4. The Kier molecular flexibility index (Phi) is 4.09. The van der Waals surface area contributed by atoms with Gasteiger partial charge < -0.3 is 4.42 Å². The van der Waals surface area contributed by atoms with Crippen LogP contribution < -0.4 is 5.32 Å². The van der Waals surface area contributed by atoms with Gasteiger partial charge in [-0.1, -0.05) is 5.10 Å². The number of benzene rings is 1. The van der Waals surface area contributed by atoms with Crippen LogP contribution in [0.1, 0.15) is 10.4 Å². The minimum Gasteiger partial charge on any atom is -0.403 e. The standard InChI is InChI=1S/C15H12N4O4S/c1-24(21,22)12-4-2-10(3-5-12)13(20)17-15-19-18-14(23-15)11-6-8-16-9-7-11/h2-9H,1H3,(H,17,19,20). The van der Waals surface area contributed by atoms with Gasteiger partial charge in [0, 0.05) is 29.8 Å². The van der Waals surface area contributed by atoms with Gasteiger partial charge in [0.15, 0.2) is 9.84 Å². The maximum Gasteiger partial charge on any atom is 0.322 e. The third-order valence-corrected chi connectivity index (χ3v) is 4.25. The molecule has 2 aromatic heterocycles. The van der Waals surface area contributed by atoms with Crippen LogP contribution in [0, 0.1) is 0 Å². The van der Waals surface area contributed by atoms with Gasteiger partial charge in [-0.15, -0.1) is 5.10 Å². The van der Waals surface area contributed by atoms with Crippen molar-refractivity contribution in [3.8, 4) is 11.5 Å². The molecular formula is C15H12N4O4S. The quantitative estimate of drug-likeness (QED) is 0.767. The van der Waals surface area contributed by atoms with Crippen molar-refractivity contribution in [2.75, 3.05) is 11.6 Å². The molecule has 24 heavy (non-hydrogen) atoms. The molecule has 0 unspecified atom stereocenters. The van der Waals surface area contributed by atoms with Crippen molar-refractivity contribution in [1.29, 1.82) is 0 Å². The Morgan fingerprint density at radius 1 is 1.04 bits per heavy atom. The summed E-state index contributed by atoms with van der Waals surface area (Å²) in [6.45, 7) is 0. The molecule has 0 aliphatic rings. The van der Waals surface area contributed by atoms with E-state index in [2.05, 4.69) is 20.5 Å². The predicted molar refractivity (Wildman–Crippen MR) is 85.0 cm³/mol. The molecule has 2 heterocycles. The molecule has 0 aliphatic carbocycles. The van der Waals surface area contributed by atoms with Gasteiger partial charge >= 0.3 is 6.01 Å². The summed E-state index contributed by atoms with van der Waals surface area (Å²) < 4.78 is 28.2. The Balaban J connectivity index is 1.75. The van der Waals surface area contributed by atoms with E-state index in [1.165, 1.54) is 24.3 Å². The van der Waals surface area contributed by atoms with Crippen molar-refractivity contribution in [1.82, 2.24) is 15.2 Å². The average Bonchev–Trinajstić information content (AvgIpc) is 3.03. The number of rotatable bonds is 4. The summed E-state index contributed by atoms with van der Waals surface area (Å²) in [5, 5.41) is 10.1. The number of sulfone groups is 1. The fraction of sp³-hybridized carbons (Fsp3) is 0.0667. The molecule has 122 valence electrons. The molecule has 1 aromatic carbocycles. The molecule has 0 atom stereocenters. The van der Waals surface area contributed by atoms with Crippen LogP contribution in [0.25, 0.3) is 11.5 Å². The lowest BCUT2D eigenvalue weighted by Crippen LogP contribution is -2.12. The molecule has 9 heteroatoms. The summed E-state index contributed by atoms with van der Waals surface area (Å²) in [7, 11) is -3.31. The molecule has 0 bridgehead atoms. The maximum atomic E-state index is 12.1. The van der Waals surface area contributed by atoms with Crippen molar-refractivity contribution >= 4 is 21.8 Å². The topological polar surface area (TPSA) is 115 Å². The first kappa shape index (κ1) is 15.8. The molecular weight excluding hydrogens is 332 g/mol. The molecule has 1 amide bonds. The van der Waals surface area contributed by atoms with E-state index in [-0.39, 0.29) is 22.4 Å². The molecule has 8 nitrogen and oxygen atoms in total. The second-order valence-electron chi connectivity index (χ2n) is 4.90. The smallest absolute Gasteiger partial charge is 0.322 e. The van der Waals surface area contributed by atoms with Crippen molar-refractivity contribution < 1.29 is 17.6 Å². The van der Waals surface area contributed by atoms with E-state index in [4.69, 9.17) is 4.42 Å². The van der Waals surface area contributed by atoms with E-state index >= 15 is 0 Å². The summed E-state index contributed by atoms with van der Waals surface area (Å²) in [6, 6.07) is 8.88. The highest BCUT2D eigenvalue weighted by molar-refractivity contribution is 7.90. The highest BCUT2D eigenvalue weighted by atomic mass is 32.2. The Bertz CT molecular complexity index is 966.